The number of carbonyl (C=O) groups is 1. The van der Waals surface area contributed by atoms with Gasteiger partial charge in [-0.1, -0.05) is 0 Å². The van der Waals surface area contributed by atoms with Crippen LogP contribution in [0, 0.1) is 0 Å². The summed E-state index contributed by atoms with van der Waals surface area (Å²) >= 11 is 0. The zero-order valence-corrected chi connectivity index (χ0v) is 6.74. The van der Waals surface area contributed by atoms with Gasteiger partial charge in [-0.3, -0.25) is 13.2 Å². The second-order valence-corrected chi connectivity index (χ2v) is 1.82. The molecular weight excluding hydrogens is 230 g/mol. The van der Waals surface area contributed by atoms with E-state index >= 15 is 0 Å². The average Bonchev–Trinajstić information content (AvgIpc) is 1.61. The fourth-order valence-corrected chi connectivity index (χ4v) is 0. The summed E-state index contributed by atoms with van der Waals surface area (Å²) in [6, 6.07) is 0. The first kappa shape index (κ1) is 17.1. The van der Waals surface area contributed by atoms with Crippen LogP contribution in [0.1, 0.15) is 0 Å². The molecule has 0 aliphatic rings. The van der Waals surface area contributed by atoms with Gasteiger partial charge in [0.05, 0.1) is 6.54 Å². The van der Waals surface area contributed by atoms with Crippen molar-refractivity contribution in [1.29, 1.82) is 0 Å². The van der Waals surface area contributed by atoms with Crippen LogP contribution in [0.5, 0.6) is 0 Å². The smallest absolute Gasteiger partial charge is 0.759 e. The Labute approximate surface area is 73.6 Å². The predicted octanol–water partition coefficient (Wildman–Crippen LogP) is -2.31. The van der Waals surface area contributed by atoms with Crippen LogP contribution in [0.2, 0.25) is 0 Å². The zero-order chi connectivity index (χ0) is 8.78. The molecule has 0 aromatic rings. The standard InChI is InChI=1S/C2H5NO2.Cu.H2O4S/c3-1-2(4)5;;1-5(2,3)4/h1,3H2,(H,4,5);;(H2,1,2,3,4)/q;+2;/p-2. The van der Waals surface area contributed by atoms with E-state index in [4.69, 9.17) is 22.6 Å². The van der Waals surface area contributed by atoms with E-state index in [1.54, 1.807) is 0 Å². The monoisotopic (exact) mass is 234 g/mol. The van der Waals surface area contributed by atoms with E-state index in [0.717, 1.165) is 0 Å². The van der Waals surface area contributed by atoms with Gasteiger partial charge in [0.2, 0.25) is 0 Å². The molecule has 0 rings (SSSR count). The fraction of sp³-hybridized carbons (Fsp3) is 0.500. The molecule has 11 heavy (non-hydrogen) atoms. The summed E-state index contributed by atoms with van der Waals surface area (Å²) in [7, 11) is -5.17. The molecule has 0 fully saturated rings. The van der Waals surface area contributed by atoms with Crippen molar-refractivity contribution in [3.05, 3.63) is 0 Å². The van der Waals surface area contributed by atoms with Crippen LogP contribution in [-0.4, -0.2) is 35.1 Å². The van der Waals surface area contributed by atoms with Crippen LogP contribution < -0.4 is 5.73 Å². The molecule has 7 nitrogen and oxygen atoms in total. The van der Waals surface area contributed by atoms with Crippen LogP contribution in [0.4, 0.5) is 0 Å². The molecule has 9 heteroatoms. The third kappa shape index (κ3) is 181. The minimum absolute atomic E-state index is 0. The summed E-state index contributed by atoms with van der Waals surface area (Å²) in [5.74, 6) is -0.968. The van der Waals surface area contributed by atoms with Gasteiger partial charge in [-0.25, -0.2) is 0 Å². The Bertz CT molecular complexity index is 179. The molecule has 0 atom stereocenters. The summed E-state index contributed by atoms with van der Waals surface area (Å²) in [6.45, 7) is -0.278. The van der Waals surface area contributed by atoms with Crippen molar-refractivity contribution in [3.8, 4) is 0 Å². The van der Waals surface area contributed by atoms with E-state index in [-0.39, 0.29) is 23.6 Å². The third-order valence-corrected chi connectivity index (χ3v) is 0.175. The number of carboxylic acid groups (broad SMARTS) is 1. The van der Waals surface area contributed by atoms with Crippen LogP contribution >= 0.6 is 0 Å². The molecule has 71 valence electrons. The van der Waals surface area contributed by atoms with Gasteiger partial charge in [0, 0.05) is 10.4 Å². The number of carboxylic acids is 1. The number of nitrogens with two attached hydrogens (primary N) is 1. The van der Waals surface area contributed by atoms with Gasteiger partial charge in [-0.05, 0) is 0 Å². The van der Waals surface area contributed by atoms with Gasteiger partial charge >= 0.3 is 23.0 Å². The Hall–Kier alpha value is -0.181. The van der Waals surface area contributed by atoms with E-state index in [1.807, 2.05) is 0 Å². The summed E-state index contributed by atoms with van der Waals surface area (Å²) in [4.78, 5) is 9.24. The normalized spacial score (nSPS) is 8.64. The predicted molar refractivity (Wildman–Crippen MR) is 27.2 cm³/mol. The minimum atomic E-state index is -5.17. The maximum Gasteiger partial charge on any atom is 2.00 e. The van der Waals surface area contributed by atoms with Crippen molar-refractivity contribution in [2.24, 2.45) is 5.73 Å². The molecular formula is C2H5CuNO6S. The maximum absolute atomic E-state index is 9.24. The fourth-order valence-electron chi connectivity index (χ4n) is 0. The van der Waals surface area contributed by atoms with Gasteiger partial charge < -0.3 is 19.9 Å². The van der Waals surface area contributed by atoms with E-state index in [9.17, 15) is 4.79 Å². The maximum atomic E-state index is 9.24. The number of hydrogen-bond donors (Lipinski definition) is 2. The molecule has 0 heterocycles. The topological polar surface area (TPSA) is 144 Å². The summed E-state index contributed by atoms with van der Waals surface area (Å²) < 4.78 is 34.1. The van der Waals surface area contributed by atoms with Crippen molar-refractivity contribution < 1.29 is 44.5 Å². The molecule has 0 bridgehead atoms. The van der Waals surface area contributed by atoms with Crippen LogP contribution in [0.25, 0.3) is 0 Å². The van der Waals surface area contributed by atoms with Crippen molar-refractivity contribution in [3.63, 3.8) is 0 Å². The van der Waals surface area contributed by atoms with Crippen LogP contribution in [0.3, 0.4) is 0 Å². The summed E-state index contributed by atoms with van der Waals surface area (Å²) in [5.41, 5.74) is 4.57. The van der Waals surface area contributed by atoms with E-state index in [0.29, 0.717) is 0 Å². The zero-order valence-electron chi connectivity index (χ0n) is 4.98. The first-order valence-corrected chi connectivity index (χ1v) is 3.19. The van der Waals surface area contributed by atoms with E-state index in [2.05, 4.69) is 5.73 Å². The molecule has 3 N–H and O–H groups in total. The van der Waals surface area contributed by atoms with Crippen molar-refractivity contribution in [2.75, 3.05) is 6.54 Å². The second-order valence-electron chi connectivity index (χ2n) is 1.01. The molecule has 0 spiro atoms. The quantitative estimate of drug-likeness (QED) is 0.295. The molecule has 0 aliphatic heterocycles. The molecule has 0 aromatic carbocycles. The van der Waals surface area contributed by atoms with Gasteiger partial charge in [0.25, 0.3) is 0 Å². The third-order valence-electron chi connectivity index (χ3n) is 0.175. The molecule has 0 saturated carbocycles. The molecule has 1 radical (unpaired) electrons. The largest absolute Gasteiger partial charge is 2.00 e. The van der Waals surface area contributed by atoms with Gasteiger partial charge in [0.15, 0.2) is 0 Å². The molecule has 0 saturated heterocycles. The Balaban J connectivity index is -0.000000107. The van der Waals surface area contributed by atoms with Crippen LogP contribution in [0.15, 0.2) is 0 Å². The molecule has 0 amide bonds. The Morgan fingerprint density at radius 2 is 1.55 bits per heavy atom. The summed E-state index contributed by atoms with van der Waals surface area (Å²) in [6.07, 6.45) is 0. The SMILES string of the molecule is NCC(=O)O.O=S(=O)([O-])[O-].[Cu+2]. The van der Waals surface area contributed by atoms with Gasteiger partial charge in [-0.15, -0.1) is 0 Å². The first-order valence-electron chi connectivity index (χ1n) is 1.86. The van der Waals surface area contributed by atoms with Crippen molar-refractivity contribution in [1.82, 2.24) is 0 Å². The van der Waals surface area contributed by atoms with E-state index in [1.165, 1.54) is 0 Å². The van der Waals surface area contributed by atoms with Gasteiger partial charge in [0.1, 0.15) is 0 Å². The number of hydrogen-bond acceptors (Lipinski definition) is 6. The second kappa shape index (κ2) is 7.92. The Kier molecular flexibility index (Phi) is 12.3. The Morgan fingerprint density at radius 1 is 1.45 bits per heavy atom. The first-order chi connectivity index (χ1) is 4.27. The van der Waals surface area contributed by atoms with Gasteiger partial charge in [-0.2, -0.15) is 0 Å². The van der Waals surface area contributed by atoms with Crippen LogP contribution in [-0.2, 0) is 32.3 Å². The van der Waals surface area contributed by atoms with Crippen molar-refractivity contribution in [2.45, 2.75) is 0 Å². The number of rotatable bonds is 1. The minimum Gasteiger partial charge on any atom is -0.759 e. The number of aliphatic carboxylic acids is 1. The summed E-state index contributed by atoms with van der Waals surface area (Å²) in [5, 5.41) is 7.60. The molecule has 0 aromatic heterocycles. The van der Waals surface area contributed by atoms with Crippen molar-refractivity contribution >= 4 is 16.4 Å². The molecule has 0 unspecified atom stereocenters. The Morgan fingerprint density at radius 3 is 1.55 bits per heavy atom. The van der Waals surface area contributed by atoms with E-state index < -0.39 is 16.4 Å². The average molecular weight is 235 g/mol. The molecule has 0 aliphatic carbocycles.